The summed E-state index contributed by atoms with van der Waals surface area (Å²) in [5.74, 6) is 1.07. The van der Waals surface area contributed by atoms with Crippen molar-refractivity contribution >= 4 is 17.7 Å². The lowest BCUT2D eigenvalue weighted by molar-refractivity contribution is 0.0791. The number of carbonyl (C=O) groups is 1. The molecule has 136 valence electrons. The van der Waals surface area contributed by atoms with Crippen molar-refractivity contribution in [2.75, 3.05) is 18.6 Å². The Morgan fingerprint density at radius 3 is 2.88 bits per heavy atom. The molecular formula is C17H18N4O5. The van der Waals surface area contributed by atoms with Gasteiger partial charge in [0.25, 0.3) is 5.56 Å². The van der Waals surface area contributed by atoms with Crippen LogP contribution in [-0.4, -0.2) is 29.8 Å². The highest BCUT2D eigenvalue weighted by molar-refractivity contribution is 5.75. The number of hydrogen-bond acceptors (Lipinski definition) is 8. The number of para-hydroxylation sites is 2. The molecule has 0 aliphatic carbocycles. The average Bonchev–Trinajstić information content (AvgIpc) is 2.63. The number of aromatic amines is 1. The Kier molecular flexibility index (Phi) is 4.78. The molecule has 0 bridgehead atoms. The predicted molar refractivity (Wildman–Crippen MR) is 93.0 cm³/mol. The molecule has 0 spiro atoms. The molecule has 2 heterocycles. The van der Waals surface area contributed by atoms with Crippen molar-refractivity contribution in [3.05, 3.63) is 58.1 Å². The summed E-state index contributed by atoms with van der Waals surface area (Å²) in [4.78, 5) is 32.3. The molecule has 2 aromatic rings. The van der Waals surface area contributed by atoms with Crippen molar-refractivity contribution in [1.82, 2.24) is 9.97 Å². The minimum Gasteiger partial charge on any atom is -0.495 e. The molecule has 26 heavy (non-hydrogen) atoms. The number of benzene rings is 1. The number of methoxy groups -OCH3 is 1. The van der Waals surface area contributed by atoms with E-state index >= 15 is 0 Å². The number of aromatic nitrogens is 2. The van der Waals surface area contributed by atoms with Crippen LogP contribution in [0.2, 0.25) is 0 Å². The van der Waals surface area contributed by atoms with Gasteiger partial charge in [0.05, 0.1) is 31.3 Å². The van der Waals surface area contributed by atoms with Gasteiger partial charge in [0.15, 0.2) is 5.76 Å². The lowest BCUT2D eigenvalue weighted by Crippen LogP contribution is -2.35. The van der Waals surface area contributed by atoms with Crippen molar-refractivity contribution < 1.29 is 19.0 Å². The summed E-state index contributed by atoms with van der Waals surface area (Å²) < 4.78 is 15.4. The fourth-order valence-electron chi connectivity index (χ4n) is 2.66. The third-order valence-corrected chi connectivity index (χ3v) is 3.80. The number of nitrogens with one attached hydrogen (secondary N) is 1. The summed E-state index contributed by atoms with van der Waals surface area (Å²) in [7, 11) is 1.52. The average molecular weight is 358 g/mol. The highest BCUT2D eigenvalue weighted by Crippen LogP contribution is 2.39. The molecule has 0 amide bonds. The zero-order chi connectivity index (χ0) is 18.7. The molecule has 0 atom stereocenters. The maximum atomic E-state index is 12.3. The molecule has 9 heteroatoms. The van der Waals surface area contributed by atoms with Crippen LogP contribution in [0.25, 0.3) is 0 Å². The molecule has 1 aromatic heterocycles. The van der Waals surface area contributed by atoms with Gasteiger partial charge in [-0.25, -0.2) is 9.78 Å². The second-order valence-corrected chi connectivity index (χ2v) is 5.31. The quantitative estimate of drug-likeness (QED) is 0.794. The van der Waals surface area contributed by atoms with Gasteiger partial charge < -0.3 is 24.9 Å². The number of hydrogen-bond donors (Lipinski definition) is 2. The van der Waals surface area contributed by atoms with E-state index in [0.717, 1.165) is 0 Å². The van der Waals surface area contributed by atoms with Crippen molar-refractivity contribution in [3.63, 3.8) is 0 Å². The van der Waals surface area contributed by atoms with Crippen molar-refractivity contribution in [1.29, 1.82) is 0 Å². The number of nitrogens with zero attached hydrogens (tertiary/aromatic N) is 2. The number of rotatable bonds is 4. The molecule has 3 N–H and O–H groups in total. The van der Waals surface area contributed by atoms with Crippen molar-refractivity contribution in [2.24, 2.45) is 5.73 Å². The van der Waals surface area contributed by atoms with Gasteiger partial charge in [-0.1, -0.05) is 12.1 Å². The van der Waals surface area contributed by atoms with E-state index in [1.54, 1.807) is 31.2 Å². The molecule has 1 aromatic carbocycles. The minimum atomic E-state index is -0.894. The number of H-pyrrole nitrogens is 1. The number of allylic oxidation sites excluding steroid dienone is 1. The first-order valence-electron chi connectivity index (χ1n) is 7.89. The third-order valence-electron chi connectivity index (χ3n) is 3.80. The summed E-state index contributed by atoms with van der Waals surface area (Å²) in [5.41, 5.74) is 6.76. The van der Waals surface area contributed by atoms with Crippen LogP contribution in [0.1, 0.15) is 12.5 Å². The van der Waals surface area contributed by atoms with E-state index in [4.69, 9.17) is 19.9 Å². The number of fused-ring (bicyclic) bond motifs is 1. The molecule has 0 unspecified atom stereocenters. The van der Waals surface area contributed by atoms with Crippen LogP contribution in [0.15, 0.2) is 47.0 Å². The largest absolute Gasteiger partial charge is 0.513 e. The van der Waals surface area contributed by atoms with Gasteiger partial charge in [-0.05, 0) is 19.1 Å². The molecule has 9 nitrogen and oxygen atoms in total. The Morgan fingerprint density at radius 1 is 1.38 bits per heavy atom. The Bertz CT molecular complexity index is 921. The Hall–Kier alpha value is -3.49. The normalized spacial score (nSPS) is 13.2. The van der Waals surface area contributed by atoms with E-state index in [1.807, 2.05) is 0 Å². The molecular weight excluding hydrogens is 340 g/mol. The van der Waals surface area contributed by atoms with Gasteiger partial charge >= 0.3 is 6.16 Å². The molecule has 0 saturated heterocycles. The molecule has 0 fully saturated rings. The van der Waals surface area contributed by atoms with E-state index in [1.165, 1.54) is 18.3 Å². The number of anilines is 2. The van der Waals surface area contributed by atoms with Gasteiger partial charge in [-0.15, -0.1) is 0 Å². The fourth-order valence-corrected chi connectivity index (χ4v) is 2.66. The Labute approximate surface area is 149 Å². The molecule has 0 saturated carbocycles. The Balaban J connectivity index is 2.16. The molecule has 3 rings (SSSR count). The third kappa shape index (κ3) is 3.06. The standard InChI is InChI=1S/C17H18N4O5/c1-3-25-17(23)26-13-8-10-15(19-9-20-16(10)22)21(14(13)18)11-6-4-5-7-12(11)24-2/h4-7,9H,3,8,18H2,1-2H3,(H,19,20,22). The summed E-state index contributed by atoms with van der Waals surface area (Å²) >= 11 is 0. The maximum Gasteiger partial charge on any atom is 0.513 e. The molecule has 0 radical (unpaired) electrons. The highest BCUT2D eigenvalue weighted by atomic mass is 16.7. The summed E-state index contributed by atoms with van der Waals surface area (Å²) in [6.45, 7) is 1.81. The molecule has 1 aliphatic rings. The van der Waals surface area contributed by atoms with Crippen LogP contribution in [0.3, 0.4) is 0 Å². The van der Waals surface area contributed by atoms with E-state index in [0.29, 0.717) is 22.8 Å². The van der Waals surface area contributed by atoms with Crippen LogP contribution < -0.4 is 20.9 Å². The number of nitrogens with two attached hydrogens (primary N) is 1. The van der Waals surface area contributed by atoms with Gasteiger partial charge in [0.1, 0.15) is 17.4 Å². The zero-order valence-corrected chi connectivity index (χ0v) is 14.3. The zero-order valence-electron chi connectivity index (χ0n) is 14.3. The van der Waals surface area contributed by atoms with Crippen LogP contribution in [0.4, 0.5) is 16.3 Å². The first kappa shape index (κ1) is 17.3. The van der Waals surface area contributed by atoms with Gasteiger partial charge in [-0.2, -0.15) is 0 Å². The second-order valence-electron chi connectivity index (χ2n) is 5.31. The predicted octanol–water partition coefficient (Wildman–Crippen LogP) is 1.77. The van der Waals surface area contributed by atoms with E-state index < -0.39 is 6.16 Å². The number of carbonyl (C=O) groups excluding carboxylic acids is 1. The first-order valence-corrected chi connectivity index (χ1v) is 7.89. The maximum absolute atomic E-state index is 12.3. The highest BCUT2D eigenvalue weighted by Gasteiger charge is 2.32. The van der Waals surface area contributed by atoms with E-state index in [2.05, 4.69) is 9.97 Å². The van der Waals surface area contributed by atoms with Crippen LogP contribution in [-0.2, 0) is 15.9 Å². The Morgan fingerprint density at radius 2 is 2.15 bits per heavy atom. The monoisotopic (exact) mass is 358 g/mol. The topological polar surface area (TPSA) is 120 Å². The van der Waals surface area contributed by atoms with Crippen LogP contribution >= 0.6 is 0 Å². The van der Waals surface area contributed by atoms with Crippen molar-refractivity contribution in [2.45, 2.75) is 13.3 Å². The van der Waals surface area contributed by atoms with E-state index in [9.17, 15) is 9.59 Å². The summed E-state index contributed by atoms with van der Waals surface area (Å²) in [6.07, 6.45) is 0.400. The summed E-state index contributed by atoms with van der Waals surface area (Å²) in [6, 6.07) is 7.09. The minimum absolute atomic E-state index is 0.00873. The van der Waals surface area contributed by atoms with Crippen LogP contribution in [0.5, 0.6) is 5.75 Å². The lowest BCUT2D eigenvalue weighted by Gasteiger charge is -2.31. The smallest absolute Gasteiger partial charge is 0.495 e. The first-order chi connectivity index (χ1) is 12.6. The SMILES string of the molecule is CCOC(=O)OC1=C(N)N(c2ccccc2OC)c2nc[nH]c(=O)c2C1. The lowest BCUT2D eigenvalue weighted by atomic mass is 10.1. The van der Waals surface area contributed by atoms with E-state index in [-0.39, 0.29) is 30.2 Å². The van der Waals surface area contributed by atoms with Gasteiger partial charge in [-0.3, -0.25) is 9.69 Å². The second kappa shape index (κ2) is 7.18. The summed E-state index contributed by atoms with van der Waals surface area (Å²) in [5, 5.41) is 0. The van der Waals surface area contributed by atoms with Gasteiger partial charge in [0, 0.05) is 6.42 Å². The van der Waals surface area contributed by atoms with Crippen LogP contribution in [0, 0.1) is 0 Å². The van der Waals surface area contributed by atoms with Gasteiger partial charge in [0.2, 0.25) is 0 Å². The van der Waals surface area contributed by atoms with Crippen molar-refractivity contribution in [3.8, 4) is 5.75 Å². The molecule has 1 aliphatic heterocycles. The number of ether oxygens (including phenoxy) is 3. The fraction of sp³-hybridized carbons (Fsp3) is 0.235.